The lowest BCUT2D eigenvalue weighted by atomic mass is 10.2. The fourth-order valence-electron chi connectivity index (χ4n) is 3.68. The van der Waals surface area contributed by atoms with E-state index in [0.29, 0.717) is 17.9 Å². The Morgan fingerprint density at radius 1 is 1.02 bits per heavy atom. The van der Waals surface area contributed by atoms with E-state index in [9.17, 15) is 19.2 Å². The van der Waals surface area contributed by atoms with Crippen molar-refractivity contribution in [3.05, 3.63) is 99.4 Å². The van der Waals surface area contributed by atoms with Gasteiger partial charge in [0.25, 0.3) is 11.1 Å². The molecule has 0 atom stereocenters. The van der Waals surface area contributed by atoms with Crippen LogP contribution in [-0.4, -0.2) is 41.1 Å². The molecule has 0 radical (unpaired) electrons. The lowest BCUT2D eigenvalue weighted by molar-refractivity contribution is -0.127. The Balaban J connectivity index is 1.34. The lowest BCUT2D eigenvalue weighted by Gasteiger charge is -2.13. The summed E-state index contributed by atoms with van der Waals surface area (Å²) in [5.74, 6) is -1.09. The van der Waals surface area contributed by atoms with E-state index in [1.54, 1.807) is 30.3 Å². The largest absolute Gasteiger partial charge is 0.489 e. The number of imide groups is 1. The first-order chi connectivity index (χ1) is 19.3. The van der Waals surface area contributed by atoms with E-state index < -0.39 is 29.6 Å². The number of hydrogen-bond donors (Lipinski definition) is 1. The Labute approximate surface area is 241 Å². The number of ether oxygens (including phenoxy) is 2. The molecule has 3 aromatic carbocycles. The zero-order valence-electron chi connectivity index (χ0n) is 21.7. The van der Waals surface area contributed by atoms with Crippen molar-refractivity contribution in [2.75, 3.05) is 18.5 Å². The van der Waals surface area contributed by atoms with E-state index in [2.05, 4.69) is 5.32 Å². The van der Waals surface area contributed by atoms with Crippen molar-refractivity contribution in [2.24, 2.45) is 0 Å². The number of rotatable bonds is 11. The van der Waals surface area contributed by atoms with Crippen LogP contribution in [0.5, 0.6) is 5.75 Å². The third kappa shape index (κ3) is 7.74. The van der Waals surface area contributed by atoms with Gasteiger partial charge in [-0.1, -0.05) is 67.4 Å². The van der Waals surface area contributed by atoms with Crippen LogP contribution < -0.4 is 10.1 Å². The summed E-state index contributed by atoms with van der Waals surface area (Å²) in [4.78, 5) is 51.4. The molecule has 1 aliphatic heterocycles. The summed E-state index contributed by atoms with van der Waals surface area (Å²) in [6.45, 7) is 2.20. The second-order valence-electron chi connectivity index (χ2n) is 8.84. The summed E-state index contributed by atoms with van der Waals surface area (Å²) in [6, 6.07) is 21.3. The third-order valence-electron chi connectivity index (χ3n) is 5.80. The Bertz CT molecular complexity index is 1430. The second kappa shape index (κ2) is 13.8. The number of thioether (sulfide) groups is 1. The molecule has 206 valence electrons. The molecule has 1 saturated heterocycles. The molecule has 4 rings (SSSR count). The van der Waals surface area contributed by atoms with Crippen molar-refractivity contribution in [2.45, 2.75) is 26.4 Å². The molecule has 10 heteroatoms. The minimum absolute atomic E-state index is 0.112. The standard InChI is InChI=1S/C30H27ClN2O6S/c1-2-3-15-38-29(36)24-17-22(11-14-25(24)31)32-27(34)18-33-28(35)26(40-30(33)37)16-20-9-12-23(13-10-20)39-19-21-7-5-4-6-8-21/h4-14,16-17H,2-3,15,18-19H2,1H3,(H,32,34)/b26-16+. The normalized spacial score (nSPS) is 13.9. The summed E-state index contributed by atoms with van der Waals surface area (Å²) < 4.78 is 11.0. The summed E-state index contributed by atoms with van der Waals surface area (Å²) in [6.07, 6.45) is 3.19. The van der Waals surface area contributed by atoms with Gasteiger partial charge < -0.3 is 14.8 Å². The Morgan fingerprint density at radius 2 is 1.77 bits per heavy atom. The van der Waals surface area contributed by atoms with Crippen molar-refractivity contribution >= 4 is 58.1 Å². The van der Waals surface area contributed by atoms with Gasteiger partial charge in [0.1, 0.15) is 18.9 Å². The monoisotopic (exact) mass is 578 g/mol. The maximum Gasteiger partial charge on any atom is 0.339 e. The van der Waals surface area contributed by atoms with E-state index in [1.807, 2.05) is 37.3 Å². The predicted octanol–water partition coefficient (Wildman–Crippen LogP) is 6.55. The maximum absolute atomic E-state index is 12.9. The number of nitrogens with zero attached hydrogens (tertiary/aromatic N) is 1. The Kier molecular flexibility index (Phi) is 9.99. The molecule has 0 unspecified atom stereocenters. The van der Waals surface area contributed by atoms with Crippen LogP contribution >= 0.6 is 23.4 Å². The minimum atomic E-state index is -0.601. The molecule has 3 amide bonds. The van der Waals surface area contributed by atoms with Crippen molar-refractivity contribution in [3.8, 4) is 5.75 Å². The van der Waals surface area contributed by atoms with E-state index in [-0.39, 0.29) is 27.8 Å². The molecule has 0 bridgehead atoms. The van der Waals surface area contributed by atoms with E-state index in [0.717, 1.165) is 35.1 Å². The second-order valence-corrected chi connectivity index (χ2v) is 10.2. The number of halogens is 1. The van der Waals surface area contributed by atoms with Gasteiger partial charge in [0.15, 0.2) is 0 Å². The zero-order valence-corrected chi connectivity index (χ0v) is 23.3. The quantitative estimate of drug-likeness (QED) is 0.156. The molecule has 0 aromatic heterocycles. The predicted molar refractivity (Wildman–Crippen MR) is 155 cm³/mol. The van der Waals surface area contributed by atoms with Gasteiger partial charge >= 0.3 is 5.97 Å². The summed E-state index contributed by atoms with van der Waals surface area (Å²) in [5, 5.41) is 2.24. The van der Waals surface area contributed by atoms with Crippen molar-refractivity contribution < 1.29 is 28.7 Å². The summed E-state index contributed by atoms with van der Waals surface area (Å²) in [7, 11) is 0. The molecule has 40 heavy (non-hydrogen) atoms. The smallest absolute Gasteiger partial charge is 0.339 e. The zero-order chi connectivity index (χ0) is 28.5. The topological polar surface area (TPSA) is 102 Å². The first kappa shape index (κ1) is 28.9. The number of anilines is 1. The maximum atomic E-state index is 12.9. The highest BCUT2D eigenvalue weighted by molar-refractivity contribution is 8.18. The highest BCUT2D eigenvalue weighted by Crippen LogP contribution is 2.32. The molecular weight excluding hydrogens is 552 g/mol. The van der Waals surface area contributed by atoms with E-state index in [4.69, 9.17) is 21.1 Å². The lowest BCUT2D eigenvalue weighted by Crippen LogP contribution is -2.36. The molecular formula is C30H27ClN2O6S. The average Bonchev–Trinajstić information content (AvgIpc) is 3.21. The highest BCUT2D eigenvalue weighted by Gasteiger charge is 2.36. The van der Waals surface area contributed by atoms with Crippen LogP contribution in [0.1, 0.15) is 41.3 Å². The van der Waals surface area contributed by atoms with Gasteiger partial charge in [-0.2, -0.15) is 0 Å². The number of carbonyl (C=O) groups is 4. The highest BCUT2D eigenvalue weighted by atomic mass is 35.5. The van der Waals surface area contributed by atoms with Gasteiger partial charge in [0, 0.05) is 5.69 Å². The van der Waals surface area contributed by atoms with Crippen LogP contribution in [0, 0.1) is 0 Å². The number of benzene rings is 3. The molecule has 0 spiro atoms. The molecule has 1 fully saturated rings. The molecule has 3 aromatic rings. The van der Waals surface area contributed by atoms with Crippen LogP contribution in [0.15, 0.2) is 77.7 Å². The van der Waals surface area contributed by atoms with Crippen molar-refractivity contribution in [1.82, 2.24) is 4.90 Å². The number of esters is 1. The first-order valence-electron chi connectivity index (χ1n) is 12.6. The average molecular weight is 579 g/mol. The van der Waals surface area contributed by atoms with Gasteiger partial charge in [-0.05, 0) is 65.7 Å². The van der Waals surface area contributed by atoms with Crippen LogP contribution in [0.4, 0.5) is 10.5 Å². The Hall–Kier alpha value is -4.08. The number of hydrogen-bond acceptors (Lipinski definition) is 7. The van der Waals surface area contributed by atoms with Gasteiger partial charge in [-0.3, -0.25) is 19.3 Å². The van der Waals surface area contributed by atoms with Crippen LogP contribution in [0.3, 0.4) is 0 Å². The number of carbonyl (C=O) groups excluding carboxylic acids is 4. The molecule has 0 saturated carbocycles. The molecule has 8 nitrogen and oxygen atoms in total. The van der Waals surface area contributed by atoms with Crippen LogP contribution in [-0.2, 0) is 20.9 Å². The number of amides is 3. The summed E-state index contributed by atoms with van der Waals surface area (Å²) >= 11 is 6.88. The first-order valence-corrected chi connectivity index (χ1v) is 13.8. The van der Waals surface area contributed by atoms with Gasteiger partial charge in [-0.25, -0.2) is 4.79 Å². The molecule has 1 aliphatic rings. The van der Waals surface area contributed by atoms with Gasteiger partial charge in [0.2, 0.25) is 5.91 Å². The number of nitrogens with one attached hydrogen (secondary N) is 1. The molecule has 0 aliphatic carbocycles. The fourth-order valence-corrected chi connectivity index (χ4v) is 4.71. The summed E-state index contributed by atoms with van der Waals surface area (Å²) in [5.41, 5.74) is 2.15. The molecule has 1 N–H and O–H groups in total. The number of unbranched alkanes of at least 4 members (excludes halogenated alkanes) is 1. The van der Waals surface area contributed by atoms with Crippen LogP contribution in [0.2, 0.25) is 5.02 Å². The van der Waals surface area contributed by atoms with Gasteiger partial charge in [-0.15, -0.1) is 0 Å². The van der Waals surface area contributed by atoms with Crippen molar-refractivity contribution in [1.29, 1.82) is 0 Å². The van der Waals surface area contributed by atoms with Crippen LogP contribution in [0.25, 0.3) is 6.08 Å². The van der Waals surface area contributed by atoms with Crippen molar-refractivity contribution in [3.63, 3.8) is 0 Å². The van der Waals surface area contributed by atoms with E-state index >= 15 is 0 Å². The fraction of sp³-hybridized carbons (Fsp3) is 0.200. The van der Waals surface area contributed by atoms with Gasteiger partial charge in [0.05, 0.1) is 22.1 Å². The minimum Gasteiger partial charge on any atom is -0.489 e. The van der Waals surface area contributed by atoms with E-state index in [1.165, 1.54) is 18.2 Å². The Morgan fingerprint density at radius 3 is 2.50 bits per heavy atom. The third-order valence-corrected chi connectivity index (χ3v) is 7.04. The molecule has 1 heterocycles. The SMILES string of the molecule is CCCCOC(=O)c1cc(NC(=O)CN2C(=O)S/C(=C/c3ccc(OCc4ccccc4)cc3)C2=O)ccc1Cl.